The third-order valence-corrected chi connectivity index (χ3v) is 3.65. The Kier molecular flexibility index (Phi) is 3.74. The average Bonchev–Trinajstić information content (AvgIpc) is 3.07. The van der Waals surface area contributed by atoms with Gasteiger partial charge in [-0.15, -0.1) is 0 Å². The van der Waals surface area contributed by atoms with Crippen molar-refractivity contribution in [1.82, 2.24) is 0 Å². The summed E-state index contributed by atoms with van der Waals surface area (Å²) in [5.74, 6) is 2.55. The van der Waals surface area contributed by atoms with E-state index < -0.39 is 0 Å². The maximum absolute atomic E-state index is 12.1. The molecule has 4 rings (SSSR count). The minimum Gasteiger partial charge on any atom is -0.486 e. The van der Waals surface area contributed by atoms with Crippen molar-refractivity contribution in [2.24, 2.45) is 0 Å². The standard InChI is InChI=1S/C17H16N2O5/c20-17(9-18-11-1-3-14-16(7-11)24-10-23-14)19-12-2-4-13-15(8-12)22-6-5-21-13/h1-4,7-8,18H,5-6,9-10H2,(H,19,20). The molecule has 0 saturated heterocycles. The Morgan fingerprint density at radius 2 is 1.46 bits per heavy atom. The van der Waals surface area contributed by atoms with Crippen molar-refractivity contribution < 1.29 is 23.7 Å². The maximum atomic E-state index is 12.1. The van der Waals surface area contributed by atoms with Crippen LogP contribution in [0, 0.1) is 0 Å². The zero-order valence-electron chi connectivity index (χ0n) is 12.8. The molecule has 0 aliphatic carbocycles. The second kappa shape index (κ2) is 6.19. The number of hydrogen-bond donors (Lipinski definition) is 2. The highest BCUT2D eigenvalue weighted by atomic mass is 16.7. The minimum atomic E-state index is -0.163. The summed E-state index contributed by atoms with van der Waals surface area (Å²) in [6, 6.07) is 10.8. The Morgan fingerprint density at radius 3 is 2.33 bits per heavy atom. The fraction of sp³-hybridized carbons (Fsp3) is 0.235. The summed E-state index contributed by atoms with van der Waals surface area (Å²) in [6.07, 6.45) is 0. The molecule has 0 fully saturated rings. The van der Waals surface area contributed by atoms with Gasteiger partial charge >= 0.3 is 0 Å². The average molecular weight is 328 g/mol. The predicted octanol–water partition coefficient (Wildman–Crippen LogP) is 2.24. The van der Waals surface area contributed by atoms with Crippen LogP contribution in [-0.2, 0) is 4.79 Å². The number of hydrogen-bond acceptors (Lipinski definition) is 6. The van der Waals surface area contributed by atoms with Crippen molar-refractivity contribution in [3.05, 3.63) is 36.4 Å². The van der Waals surface area contributed by atoms with Gasteiger partial charge in [-0.1, -0.05) is 0 Å². The molecule has 0 saturated carbocycles. The number of carbonyl (C=O) groups is 1. The van der Waals surface area contributed by atoms with E-state index in [1.807, 2.05) is 12.1 Å². The molecule has 0 bridgehead atoms. The van der Waals surface area contributed by atoms with Crippen molar-refractivity contribution in [3.63, 3.8) is 0 Å². The molecule has 2 aliphatic rings. The summed E-state index contributed by atoms with van der Waals surface area (Å²) in [7, 11) is 0. The number of ether oxygens (including phenoxy) is 4. The Bertz CT molecular complexity index is 778. The fourth-order valence-corrected chi connectivity index (χ4v) is 2.52. The van der Waals surface area contributed by atoms with Gasteiger partial charge in [-0.2, -0.15) is 0 Å². The monoisotopic (exact) mass is 328 g/mol. The molecule has 2 aliphatic heterocycles. The second-order valence-corrected chi connectivity index (χ2v) is 5.33. The summed E-state index contributed by atoms with van der Waals surface area (Å²) < 4.78 is 21.5. The van der Waals surface area contributed by atoms with Gasteiger partial charge in [0.25, 0.3) is 0 Å². The van der Waals surface area contributed by atoms with Crippen LogP contribution in [0.5, 0.6) is 23.0 Å². The molecule has 24 heavy (non-hydrogen) atoms. The molecule has 0 unspecified atom stereocenters. The van der Waals surface area contributed by atoms with E-state index >= 15 is 0 Å². The molecule has 0 spiro atoms. The van der Waals surface area contributed by atoms with E-state index in [9.17, 15) is 4.79 Å². The first-order chi connectivity index (χ1) is 11.8. The molecule has 1 amide bonds. The molecule has 2 heterocycles. The normalized spacial score (nSPS) is 14.2. The maximum Gasteiger partial charge on any atom is 0.243 e. The van der Waals surface area contributed by atoms with E-state index in [2.05, 4.69) is 10.6 Å². The van der Waals surface area contributed by atoms with Crippen molar-refractivity contribution in [2.75, 3.05) is 37.2 Å². The molecule has 0 aromatic heterocycles. The zero-order valence-corrected chi connectivity index (χ0v) is 12.8. The van der Waals surface area contributed by atoms with Gasteiger partial charge in [0.2, 0.25) is 12.7 Å². The van der Waals surface area contributed by atoms with Gasteiger partial charge in [-0.05, 0) is 24.3 Å². The molecule has 7 nitrogen and oxygen atoms in total. The summed E-state index contributed by atoms with van der Waals surface area (Å²) in [6.45, 7) is 1.41. The number of anilines is 2. The molecule has 2 N–H and O–H groups in total. The van der Waals surface area contributed by atoms with Crippen LogP contribution in [0.1, 0.15) is 0 Å². The summed E-state index contributed by atoms with van der Waals surface area (Å²) in [5.41, 5.74) is 1.45. The Hall–Kier alpha value is -3.09. The van der Waals surface area contributed by atoms with Crippen molar-refractivity contribution in [2.45, 2.75) is 0 Å². The lowest BCUT2D eigenvalue weighted by molar-refractivity contribution is -0.114. The predicted molar refractivity (Wildman–Crippen MR) is 87.1 cm³/mol. The molecule has 2 aromatic carbocycles. The smallest absolute Gasteiger partial charge is 0.243 e. The lowest BCUT2D eigenvalue weighted by Gasteiger charge is -2.19. The first kappa shape index (κ1) is 14.5. The van der Waals surface area contributed by atoms with E-state index in [4.69, 9.17) is 18.9 Å². The number of amides is 1. The molecule has 124 valence electrons. The largest absolute Gasteiger partial charge is 0.486 e. The number of rotatable bonds is 4. The van der Waals surface area contributed by atoms with E-state index in [0.29, 0.717) is 41.9 Å². The van der Waals surface area contributed by atoms with Crippen LogP contribution in [0.25, 0.3) is 0 Å². The zero-order chi connectivity index (χ0) is 16.4. The van der Waals surface area contributed by atoms with Crippen LogP contribution in [0.3, 0.4) is 0 Å². The van der Waals surface area contributed by atoms with Crippen LogP contribution in [-0.4, -0.2) is 32.5 Å². The van der Waals surface area contributed by atoms with Gasteiger partial charge in [0.05, 0.1) is 6.54 Å². The summed E-state index contributed by atoms with van der Waals surface area (Å²) in [5, 5.41) is 5.87. The number of fused-ring (bicyclic) bond motifs is 2. The van der Waals surface area contributed by atoms with Crippen molar-refractivity contribution in [3.8, 4) is 23.0 Å². The molecule has 2 aromatic rings. The highest BCUT2D eigenvalue weighted by Crippen LogP contribution is 2.34. The first-order valence-electron chi connectivity index (χ1n) is 7.61. The third-order valence-electron chi connectivity index (χ3n) is 3.65. The molecule has 0 radical (unpaired) electrons. The molecule has 0 atom stereocenters. The number of nitrogens with one attached hydrogen (secondary N) is 2. The van der Waals surface area contributed by atoms with Gasteiger partial charge in [-0.3, -0.25) is 4.79 Å². The van der Waals surface area contributed by atoms with Gasteiger partial charge in [-0.25, -0.2) is 0 Å². The minimum absolute atomic E-state index is 0.133. The van der Waals surface area contributed by atoms with Gasteiger partial charge in [0.15, 0.2) is 23.0 Å². The Balaban J connectivity index is 1.35. The van der Waals surface area contributed by atoms with Crippen molar-refractivity contribution in [1.29, 1.82) is 0 Å². The highest BCUT2D eigenvalue weighted by molar-refractivity contribution is 5.94. The van der Waals surface area contributed by atoms with Crippen LogP contribution in [0.2, 0.25) is 0 Å². The van der Waals surface area contributed by atoms with E-state index in [0.717, 1.165) is 5.69 Å². The number of benzene rings is 2. The van der Waals surface area contributed by atoms with E-state index in [1.165, 1.54) is 0 Å². The fourth-order valence-electron chi connectivity index (χ4n) is 2.52. The quantitative estimate of drug-likeness (QED) is 0.896. The van der Waals surface area contributed by atoms with Crippen LogP contribution in [0.15, 0.2) is 36.4 Å². The number of carbonyl (C=O) groups excluding carboxylic acids is 1. The third kappa shape index (κ3) is 3.01. The molecular formula is C17H16N2O5. The van der Waals surface area contributed by atoms with E-state index in [1.54, 1.807) is 24.3 Å². The van der Waals surface area contributed by atoms with E-state index in [-0.39, 0.29) is 19.2 Å². The lowest BCUT2D eigenvalue weighted by Crippen LogP contribution is -2.22. The van der Waals surface area contributed by atoms with Crippen LogP contribution < -0.4 is 29.6 Å². The molecular weight excluding hydrogens is 312 g/mol. The van der Waals surface area contributed by atoms with Crippen LogP contribution >= 0.6 is 0 Å². The topological polar surface area (TPSA) is 78.1 Å². The van der Waals surface area contributed by atoms with Gasteiger partial charge in [0, 0.05) is 23.5 Å². The lowest BCUT2D eigenvalue weighted by atomic mass is 10.2. The second-order valence-electron chi connectivity index (χ2n) is 5.33. The Morgan fingerprint density at radius 1 is 0.833 bits per heavy atom. The van der Waals surface area contributed by atoms with Crippen molar-refractivity contribution >= 4 is 17.3 Å². The summed E-state index contributed by atoms with van der Waals surface area (Å²) in [4.78, 5) is 12.1. The van der Waals surface area contributed by atoms with Gasteiger partial charge < -0.3 is 29.6 Å². The van der Waals surface area contributed by atoms with Gasteiger partial charge in [0.1, 0.15) is 13.2 Å². The first-order valence-corrected chi connectivity index (χ1v) is 7.61. The highest BCUT2D eigenvalue weighted by Gasteiger charge is 2.14. The SMILES string of the molecule is O=C(CNc1ccc2c(c1)OCO2)Nc1ccc2c(c1)OCCO2. The summed E-state index contributed by atoms with van der Waals surface area (Å²) >= 11 is 0. The van der Waals surface area contributed by atoms with Crippen LogP contribution in [0.4, 0.5) is 11.4 Å². The molecule has 7 heteroatoms. The Labute approximate surface area is 138 Å².